The van der Waals surface area contributed by atoms with Crippen LogP contribution in [-0.4, -0.2) is 30.2 Å². The first-order valence-electron chi connectivity index (χ1n) is 10.8. The van der Waals surface area contributed by atoms with Crippen molar-refractivity contribution in [3.63, 3.8) is 0 Å². The number of carbonyl (C=O) groups is 1. The van der Waals surface area contributed by atoms with Crippen LogP contribution >= 0.6 is 11.3 Å². The third-order valence-corrected chi connectivity index (χ3v) is 8.77. The Labute approximate surface area is 200 Å². The zero-order valence-electron chi connectivity index (χ0n) is 18.1. The van der Waals surface area contributed by atoms with Crippen LogP contribution in [0.3, 0.4) is 0 Å². The predicted molar refractivity (Wildman–Crippen MR) is 127 cm³/mol. The smallest absolute Gasteiger partial charge is 0.308 e. The van der Waals surface area contributed by atoms with Gasteiger partial charge in [-0.1, -0.05) is 36.4 Å². The third kappa shape index (κ3) is 4.46. The maximum atomic E-state index is 13.4. The summed E-state index contributed by atoms with van der Waals surface area (Å²) in [6.07, 6.45) is 0.385. The number of carbonyl (C=O) groups excluding carboxylic acids is 1. The maximum Gasteiger partial charge on any atom is 0.308 e. The molecule has 1 aliphatic rings. The van der Waals surface area contributed by atoms with E-state index in [1.807, 2.05) is 48.5 Å². The second-order valence-electron chi connectivity index (χ2n) is 7.97. The molecule has 0 saturated heterocycles. The van der Waals surface area contributed by atoms with Crippen molar-refractivity contribution in [2.24, 2.45) is 0 Å². The van der Waals surface area contributed by atoms with Gasteiger partial charge in [0.2, 0.25) is 10.0 Å². The van der Waals surface area contributed by atoms with E-state index >= 15 is 0 Å². The summed E-state index contributed by atoms with van der Waals surface area (Å²) in [4.78, 5) is 17.3. The minimum atomic E-state index is -3.95. The van der Waals surface area contributed by atoms with Crippen LogP contribution in [0.2, 0.25) is 0 Å². The number of hydrogen-bond acceptors (Lipinski definition) is 6. The van der Waals surface area contributed by atoms with Crippen LogP contribution in [0, 0.1) is 5.82 Å². The number of ether oxygens (including phenoxy) is 1. The molecule has 1 aliphatic heterocycles. The number of esters is 1. The first-order chi connectivity index (χ1) is 16.4. The molecule has 6 nitrogen and oxygen atoms in total. The molecule has 0 bridgehead atoms. The van der Waals surface area contributed by atoms with Crippen molar-refractivity contribution in [3.05, 3.63) is 94.7 Å². The first-order valence-corrected chi connectivity index (χ1v) is 13.0. The van der Waals surface area contributed by atoms with Crippen molar-refractivity contribution < 1.29 is 22.3 Å². The van der Waals surface area contributed by atoms with E-state index in [1.54, 1.807) is 0 Å². The molecule has 174 valence electrons. The summed E-state index contributed by atoms with van der Waals surface area (Å²) in [6.45, 7) is 0.240. The molecular weight excluding hydrogens is 475 g/mol. The molecule has 34 heavy (non-hydrogen) atoms. The van der Waals surface area contributed by atoms with Crippen LogP contribution < -0.4 is 0 Å². The predicted octanol–water partition coefficient (Wildman–Crippen LogP) is 4.86. The van der Waals surface area contributed by atoms with Crippen molar-refractivity contribution in [2.45, 2.75) is 30.4 Å². The molecular formula is C25H21FN2O4S2. The van der Waals surface area contributed by atoms with Crippen LogP contribution in [0.25, 0.3) is 10.2 Å². The summed E-state index contributed by atoms with van der Waals surface area (Å²) in [5.74, 6) is -1.03. The molecule has 1 aromatic heterocycles. The number of hydrogen-bond donors (Lipinski definition) is 0. The molecule has 0 N–H and O–H groups in total. The minimum Gasteiger partial charge on any atom is -0.458 e. The Bertz CT molecular complexity index is 1420. The molecule has 9 heteroatoms. The zero-order valence-corrected chi connectivity index (χ0v) is 19.7. The number of thiazole rings is 1. The van der Waals surface area contributed by atoms with E-state index in [0.717, 1.165) is 33.5 Å². The van der Waals surface area contributed by atoms with Gasteiger partial charge in [-0.05, 0) is 53.9 Å². The van der Waals surface area contributed by atoms with Gasteiger partial charge in [-0.25, -0.2) is 17.8 Å². The molecule has 4 aromatic rings. The molecule has 1 atom stereocenters. The van der Waals surface area contributed by atoms with Crippen molar-refractivity contribution >= 4 is 37.5 Å². The average Bonchev–Trinajstić information content (AvgIpc) is 3.26. The standard InChI is InChI=1S/C25H21FN2O4S2/c26-18-9-11-19(12-10-18)34(30,31)28-14-13-17-5-1-2-6-20(17)22(28)15-25(29)32-16-24-27-21-7-3-4-8-23(21)33-24/h1-12,22H,13-16H2. The summed E-state index contributed by atoms with van der Waals surface area (Å²) in [5.41, 5.74) is 2.62. The van der Waals surface area contributed by atoms with E-state index < -0.39 is 27.9 Å². The second kappa shape index (κ2) is 9.25. The molecule has 0 aliphatic carbocycles. The summed E-state index contributed by atoms with van der Waals surface area (Å²) in [5, 5.41) is 0.675. The lowest BCUT2D eigenvalue weighted by molar-refractivity contribution is -0.146. The van der Waals surface area contributed by atoms with Gasteiger partial charge < -0.3 is 4.74 Å². The number of rotatable bonds is 6. The molecule has 0 fully saturated rings. The summed E-state index contributed by atoms with van der Waals surface area (Å²) in [7, 11) is -3.95. The number of para-hydroxylation sites is 1. The fourth-order valence-electron chi connectivity index (χ4n) is 4.21. The first kappa shape index (κ1) is 22.6. The van der Waals surface area contributed by atoms with Crippen LogP contribution in [-0.2, 0) is 32.6 Å². The Morgan fingerprint density at radius 3 is 2.59 bits per heavy atom. The zero-order chi connectivity index (χ0) is 23.7. The molecule has 0 saturated carbocycles. The lowest BCUT2D eigenvalue weighted by Crippen LogP contribution is -2.41. The van der Waals surface area contributed by atoms with E-state index in [9.17, 15) is 17.6 Å². The Morgan fingerprint density at radius 2 is 1.79 bits per heavy atom. The van der Waals surface area contributed by atoms with Gasteiger partial charge in [-0.15, -0.1) is 11.3 Å². The van der Waals surface area contributed by atoms with Crippen molar-refractivity contribution in [2.75, 3.05) is 6.54 Å². The SMILES string of the molecule is O=C(CC1c2ccccc2CCN1S(=O)(=O)c1ccc(F)cc1)OCc1nc2ccccc2s1. The molecule has 5 rings (SSSR count). The number of nitrogens with zero attached hydrogens (tertiary/aromatic N) is 2. The number of benzene rings is 3. The molecule has 2 heterocycles. The quantitative estimate of drug-likeness (QED) is 0.357. The van der Waals surface area contributed by atoms with Crippen molar-refractivity contribution in [1.29, 1.82) is 0 Å². The highest BCUT2D eigenvalue weighted by Gasteiger charge is 2.37. The highest BCUT2D eigenvalue weighted by atomic mass is 32.2. The molecule has 0 amide bonds. The second-order valence-corrected chi connectivity index (χ2v) is 11.0. The number of fused-ring (bicyclic) bond motifs is 2. The highest BCUT2D eigenvalue weighted by Crippen LogP contribution is 2.36. The third-order valence-electron chi connectivity index (χ3n) is 5.84. The van der Waals surface area contributed by atoms with E-state index in [2.05, 4.69) is 4.98 Å². The molecule has 0 spiro atoms. The van der Waals surface area contributed by atoms with Crippen LogP contribution in [0.4, 0.5) is 4.39 Å². The number of aromatic nitrogens is 1. The Morgan fingerprint density at radius 1 is 1.06 bits per heavy atom. The fraction of sp³-hybridized carbons (Fsp3) is 0.200. The summed E-state index contributed by atoms with van der Waals surface area (Å²) < 4.78 is 48.0. The van der Waals surface area contributed by atoms with Crippen molar-refractivity contribution in [3.8, 4) is 0 Å². The van der Waals surface area contributed by atoms with E-state index in [-0.39, 0.29) is 24.5 Å². The van der Waals surface area contributed by atoms with Crippen LogP contribution in [0.5, 0.6) is 0 Å². The van der Waals surface area contributed by atoms with E-state index in [1.165, 1.54) is 27.8 Å². The summed E-state index contributed by atoms with van der Waals surface area (Å²) in [6, 6.07) is 19.2. The van der Waals surface area contributed by atoms with Gasteiger partial charge in [0.1, 0.15) is 17.4 Å². The Kier molecular flexibility index (Phi) is 6.16. The maximum absolute atomic E-state index is 13.4. The van der Waals surface area contributed by atoms with E-state index in [4.69, 9.17) is 4.74 Å². The topological polar surface area (TPSA) is 76.6 Å². The lowest BCUT2D eigenvalue weighted by atomic mass is 9.92. The summed E-state index contributed by atoms with van der Waals surface area (Å²) >= 11 is 1.45. The van der Waals surface area contributed by atoms with Gasteiger partial charge in [0.25, 0.3) is 0 Å². The highest BCUT2D eigenvalue weighted by molar-refractivity contribution is 7.89. The van der Waals surface area contributed by atoms with Gasteiger partial charge in [0.05, 0.1) is 27.6 Å². The van der Waals surface area contributed by atoms with Gasteiger partial charge in [0, 0.05) is 6.54 Å². The Hall–Kier alpha value is -3.14. The monoisotopic (exact) mass is 496 g/mol. The van der Waals surface area contributed by atoms with Crippen LogP contribution in [0.15, 0.2) is 77.7 Å². The molecule has 3 aromatic carbocycles. The Balaban J connectivity index is 1.38. The molecule has 1 unspecified atom stereocenters. The van der Waals surface area contributed by atoms with Crippen molar-refractivity contribution in [1.82, 2.24) is 9.29 Å². The lowest BCUT2D eigenvalue weighted by Gasteiger charge is -2.36. The molecule has 0 radical (unpaired) electrons. The average molecular weight is 497 g/mol. The number of sulfonamides is 1. The van der Waals surface area contributed by atoms with Crippen LogP contribution in [0.1, 0.15) is 28.6 Å². The largest absolute Gasteiger partial charge is 0.458 e. The van der Waals surface area contributed by atoms with Gasteiger partial charge in [-0.2, -0.15) is 4.31 Å². The van der Waals surface area contributed by atoms with Gasteiger partial charge >= 0.3 is 5.97 Å². The van der Waals surface area contributed by atoms with Gasteiger partial charge in [0.15, 0.2) is 0 Å². The number of halogens is 1. The van der Waals surface area contributed by atoms with Gasteiger partial charge in [-0.3, -0.25) is 4.79 Å². The normalized spacial score (nSPS) is 16.3. The van der Waals surface area contributed by atoms with E-state index in [0.29, 0.717) is 11.4 Å². The fourth-order valence-corrected chi connectivity index (χ4v) is 6.70. The minimum absolute atomic E-state index is 0.0128.